The molecular formula is C25H22ClF9N2O2S2. The van der Waals surface area contributed by atoms with Crippen molar-refractivity contribution in [3.8, 4) is 0 Å². The zero-order valence-electron chi connectivity index (χ0n) is 21.2. The number of amides is 1. The van der Waals surface area contributed by atoms with Crippen molar-refractivity contribution in [1.29, 1.82) is 0 Å². The number of carbonyl (C=O) groups is 1. The lowest BCUT2D eigenvalue weighted by Gasteiger charge is -2.30. The van der Waals surface area contributed by atoms with Gasteiger partial charge >= 0.3 is 18.5 Å². The molecule has 1 N–H and O–H groups in total. The molecule has 2 aromatic carbocycles. The first-order chi connectivity index (χ1) is 18.9. The Morgan fingerprint density at radius 2 is 1.54 bits per heavy atom. The summed E-state index contributed by atoms with van der Waals surface area (Å²) in [4.78, 5) is 17.1. The molecule has 1 heterocycles. The largest absolute Gasteiger partial charge is 0.435 e. The van der Waals surface area contributed by atoms with E-state index in [1.165, 1.54) is 41.7 Å². The number of hydrogen-bond acceptors (Lipinski definition) is 5. The quantitative estimate of drug-likeness (QED) is 0.218. The molecule has 41 heavy (non-hydrogen) atoms. The minimum atomic E-state index is -5.46. The summed E-state index contributed by atoms with van der Waals surface area (Å²) in [5.74, 6) is 1.18. The van der Waals surface area contributed by atoms with Crippen molar-refractivity contribution in [2.24, 2.45) is 5.16 Å². The van der Waals surface area contributed by atoms with Crippen LogP contribution in [-0.2, 0) is 34.1 Å². The molecule has 0 aromatic heterocycles. The molecule has 0 spiro atoms. The van der Waals surface area contributed by atoms with Crippen LogP contribution in [0, 0.1) is 0 Å². The van der Waals surface area contributed by atoms with Gasteiger partial charge < -0.3 is 10.2 Å². The Morgan fingerprint density at radius 3 is 2.00 bits per heavy atom. The SMILES string of the molecule is CCSC(SCC)C(=O)NCc1ccc(C2=NOC(c3cc(C(F)(F)F)cc(C(F)(F)F)c3)(C(F)(F)F)C2)cc1Cl. The maximum atomic E-state index is 14.3. The molecule has 1 aliphatic rings. The molecule has 2 aromatic rings. The number of halogens is 10. The van der Waals surface area contributed by atoms with Crippen LogP contribution in [0.15, 0.2) is 41.6 Å². The second-order valence-electron chi connectivity index (χ2n) is 8.69. The summed E-state index contributed by atoms with van der Waals surface area (Å²) in [6.45, 7) is 3.81. The van der Waals surface area contributed by atoms with Gasteiger partial charge in [-0.05, 0) is 41.3 Å². The third-order valence-corrected chi connectivity index (χ3v) is 8.80. The van der Waals surface area contributed by atoms with E-state index in [0.29, 0.717) is 17.1 Å². The molecule has 0 bridgehead atoms. The van der Waals surface area contributed by atoms with Gasteiger partial charge in [0.05, 0.1) is 16.8 Å². The van der Waals surface area contributed by atoms with Crippen molar-refractivity contribution in [3.63, 3.8) is 0 Å². The van der Waals surface area contributed by atoms with Gasteiger partial charge in [-0.3, -0.25) is 4.79 Å². The Bertz CT molecular complexity index is 1260. The van der Waals surface area contributed by atoms with Crippen LogP contribution >= 0.6 is 35.1 Å². The molecule has 1 aliphatic heterocycles. The fourth-order valence-electron chi connectivity index (χ4n) is 3.88. The van der Waals surface area contributed by atoms with Crippen LogP contribution in [0.2, 0.25) is 5.02 Å². The van der Waals surface area contributed by atoms with Gasteiger partial charge in [0.25, 0.3) is 5.60 Å². The zero-order chi connectivity index (χ0) is 30.8. The van der Waals surface area contributed by atoms with Crippen LogP contribution in [0.25, 0.3) is 0 Å². The van der Waals surface area contributed by atoms with Gasteiger partial charge in [0.2, 0.25) is 5.91 Å². The Hall–Kier alpha value is -2.26. The van der Waals surface area contributed by atoms with E-state index in [1.54, 1.807) is 0 Å². The Balaban J connectivity index is 1.91. The smallest absolute Gasteiger partial charge is 0.374 e. The second-order valence-corrected chi connectivity index (χ2v) is 12.2. The summed E-state index contributed by atoms with van der Waals surface area (Å²) in [6, 6.07) is 3.63. The van der Waals surface area contributed by atoms with Crippen molar-refractivity contribution in [1.82, 2.24) is 5.32 Å². The van der Waals surface area contributed by atoms with Crippen molar-refractivity contribution < 1.29 is 49.1 Å². The van der Waals surface area contributed by atoms with Crippen LogP contribution in [0.5, 0.6) is 0 Å². The predicted octanol–water partition coefficient (Wildman–Crippen LogP) is 8.41. The molecule has 1 amide bonds. The third kappa shape index (κ3) is 7.58. The minimum absolute atomic E-state index is 0.000163. The average Bonchev–Trinajstić information content (AvgIpc) is 3.33. The van der Waals surface area contributed by atoms with Crippen LogP contribution in [0.1, 0.15) is 48.1 Å². The summed E-state index contributed by atoms with van der Waals surface area (Å²) in [7, 11) is 0. The Morgan fingerprint density at radius 1 is 0.976 bits per heavy atom. The fraction of sp³-hybridized carbons (Fsp3) is 0.440. The van der Waals surface area contributed by atoms with E-state index < -0.39 is 53.0 Å². The standard InChI is InChI=1S/C25H22ClF9N2O2S2/c1-3-40-21(41-4-2)20(38)36-12-14-6-5-13(7-18(14)26)19-11-22(39-37-19,25(33,34)35)15-8-16(23(27,28)29)10-17(9-15)24(30,31)32/h5-10,21H,3-4,11-12H2,1-2H3,(H,36,38). The van der Waals surface area contributed by atoms with Crippen molar-refractivity contribution >= 4 is 46.7 Å². The molecule has 226 valence electrons. The number of nitrogens with one attached hydrogen (secondary N) is 1. The van der Waals surface area contributed by atoms with E-state index in [-0.39, 0.29) is 45.8 Å². The molecular weight excluding hydrogens is 631 g/mol. The highest BCUT2D eigenvalue weighted by Gasteiger charge is 2.63. The molecule has 0 saturated carbocycles. The molecule has 16 heteroatoms. The summed E-state index contributed by atoms with van der Waals surface area (Å²) >= 11 is 9.17. The zero-order valence-corrected chi connectivity index (χ0v) is 23.6. The van der Waals surface area contributed by atoms with Gasteiger partial charge in [0.1, 0.15) is 4.58 Å². The number of thioether (sulfide) groups is 2. The number of hydrogen-bond donors (Lipinski definition) is 1. The monoisotopic (exact) mass is 652 g/mol. The van der Waals surface area contributed by atoms with E-state index in [9.17, 15) is 44.3 Å². The highest BCUT2D eigenvalue weighted by molar-refractivity contribution is 8.18. The van der Waals surface area contributed by atoms with Crippen LogP contribution in [0.3, 0.4) is 0 Å². The Labute approximate surface area is 242 Å². The first kappa shape index (κ1) is 33.2. The van der Waals surface area contributed by atoms with Gasteiger partial charge in [-0.15, -0.1) is 23.5 Å². The third-order valence-electron chi connectivity index (χ3n) is 5.93. The van der Waals surface area contributed by atoms with Gasteiger partial charge in [0, 0.05) is 29.1 Å². The van der Waals surface area contributed by atoms with E-state index in [4.69, 9.17) is 11.6 Å². The lowest BCUT2D eigenvalue weighted by Crippen LogP contribution is -2.43. The Kier molecular flexibility index (Phi) is 10.2. The number of carbonyl (C=O) groups excluding carboxylic acids is 1. The van der Waals surface area contributed by atoms with Gasteiger partial charge in [-0.25, -0.2) is 0 Å². The van der Waals surface area contributed by atoms with Crippen molar-refractivity contribution in [2.75, 3.05) is 11.5 Å². The van der Waals surface area contributed by atoms with Crippen LogP contribution in [0.4, 0.5) is 39.5 Å². The molecule has 0 radical (unpaired) electrons. The maximum Gasteiger partial charge on any atom is 0.435 e. The topological polar surface area (TPSA) is 50.7 Å². The molecule has 0 saturated heterocycles. The van der Waals surface area contributed by atoms with Crippen molar-refractivity contribution in [3.05, 3.63) is 69.2 Å². The highest BCUT2D eigenvalue weighted by Crippen LogP contribution is 2.51. The molecule has 4 nitrogen and oxygen atoms in total. The number of benzene rings is 2. The van der Waals surface area contributed by atoms with Crippen LogP contribution < -0.4 is 5.32 Å². The summed E-state index contributed by atoms with van der Waals surface area (Å²) in [5, 5.41) is 6.17. The highest BCUT2D eigenvalue weighted by atomic mass is 35.5. The number of nitrogens with zero attached hydrogens (tertiary/aromatic N) is 1. The average molecular weight is 653 g/mol. The molecule has 0 aliphatic carbocycles. The van der Waals surface area contributed by atoms with E-state index in [1.807, 2.05) is 13.8 Å². The first-order valence-corrected chi connectivity index (χ1v) is 14.3. The van der Waals surface area contributed by atoms with E-state index in [0.717, 1.165) is 0 Å². The lowest BCUT2D eigenvalue weighted by molar-refractivity contribution is -0.276. The maximum absolute atomic E-state index is 14.3. The van der Waals surface area contributed by atoms with Gasteiger partial charge in [-0.2, -0.15) is 39.5 Å². The minimum Gasteiger partial charge on any atom is -0.374 e. The predicted molar refractivity (Wildman–Crippen MR) is 140 cm³/mol. The first-order valence-electron chi connectivity index (χ1n) is 11.8. The molecule has 1 atom stereocenters. The molecule has 0 fully saturated rings. The molecule has 3 rings (SSSR count). The summed E-state index contributed by atoms with van der Waals surface area (Å²) < 4.78 is 123. The van der Waals surface area contributed by atoms with Gasteiger partial charge in [-0.1, -0.05) is 42.7 Å². The van der Waals surface area contributed by atoms with Gasteiger partial charge in [0.15, 0.2) is 0 Å². The summed E-state index contributed by atoms with van der Waals surface area (Å²) in [6.07, 6.45) is -17.4. The fourth-order valence-corrected chi connectivity index (χ4v) is 6.41. The number of rotatable bonds is 9. The number of oxime groups is 1. The van der Waals surface area contributed by atoms with Crippen LogP contribution in [-0.4, -0.2) is 33.9 Å². The number of alkyl halides is 9. The normalized spacial score (nSPS) is 17.9. The van der Waals surface area contributed by atoms with Crippen molar-refractivity contribution in [2.45, 2.75) is 55.5 Å². The molecule has 1 unspecified atom stereocenters. The van der Waals surface area contributed by atoms with E-state index >= 15 is 0 Å². The lowest BCUT2D eigenvalue weighted by atomic mass is 9.84. The summed E-state index contributed by atoms with van der Waals surface area (Å²) in [5.41, 5.74) is -8.85. The van der Waals surface area contributed by atoms with E-state index in [2.05, 4.69) is 15.3 Å². The second kappa shape index (κ2) is 12.5.